The van der Waals surface area contributed by atoms with Gasteiger partial charge >= 0.3 is 0 Å². The molecule has 0 radical (unpaired) electrons. The first-order valence-electron chi connectivity index (χ1n) is 7.09. The van der Waals surface area contributed by atoms with Crippen LogP contribution in [0.15, 0.2) is 57.7 Å². The number of ether oxygens (including phenoxy) is 1. The summed E-state index contributed by atoms with van der Waals surface area (Å²) in [6.45, 7) is 1.76. The lowest BCUT2D eigenvalue weighted by atomic mass is 10.1. The highest BCUT2D eigenvalue weighted by Gasteiger charge is 2.08. The SMILES string of the molecule is Cc1ccc(-c2cc(=O)c3cc(OCC(N)=O)ccc3o2)cc1. The minimum atomic E-state index is -0.577. The molecule has 1 aromatic heterocycles. The van der Waals surface area contributed by atoms with Crippen molar-refractivity contribution < 1.29 is 13.9 Å². The van der Waals surface area contributed by atoms with Crippen LogP contribution in [0.4, 0.5) is 0 Å². The maximum absolute atomic E-state index is 12.3. The van der Waals surface area contributed by atoms with Crippen LogP contribution in [-0.2, 0) is 4.79 Å². The van der Waals surface area contributed by atoms with Gasteiger partial charge in [-0.05, 0) is 25.1 Å². The molecule has 0 saturated heterocycles. The third kappa shape index (κ3) is 3.23. The molecule has 5 heteroatoms. The molecule has 0 aliphatic carbocycles. The molecule has 5 nitrogen and oxygen atoms in total. The minimum Gasteiger partial charge on any atom is -0.484 e. The van der Waals surface area contributed by atoms with Crippen molar-refractivity contribution >= 4 is 16.9 Å². The molecule has 1 amide bonds. The van der Waals surface area contributed by atoms with E-state index in [4.69, 9.17) is 14.9 Å². The highest BCUT2D eigenvalue weighted by atomic mass is 16.5. The molecule has 0 fully saturated rings. The van der Waals surface area contributed by atoms with E-state index in [1.165, 1.54) is 6.07 Å². The lowest BCUT2D eigenvalue weighted by Gasteiger charge is -2.06. The van der Waals surface area contributed by atoms with Gasteiger partial charge in [-0.1, -0.05) is 29.8 Å². The van der Waals surface area contributed by atoms with E-state index in [0.717, 1.165) is 11.1 Å². The number of primary amides is 1. The molecule has 0 bridgehead atoms. The van der Waals surface area contributed by atoms with Crippen molar-refractivity contribution in [3.05, 3.63) is 64.3 Å². The van der Waals surface area contributed by atoms with Crippen molar-refractivity contribution in [3.8, 4) is 17.1 Å². The highest BCUT2D eigenvalue weighted by molar-refractivity contribution is 5.80. The lowest BCUT2D eigenvalue weighted by Crippen LogP contribution is -2.20. The maximum Gasteiger partial charge on any atom is 0.255 e. The predicted molar refractivity (Wildman–Crippen MR) is 87.3 cm³/mol. The number of amides is 1. The van der Waals surface area contributed by atoms with Crippen LogP contribution >= 0.6 is 0 Å². The largest absolute Gasteiger partial charge is 0.484 e. The van der Waals surface area contributed by atoms with Gasteiger partial charge in [0.2, 0.25) is 0 Å². The summed E-state index contributed by atoms with van der Waals surface area (Å²) in [5, 5.41) is 0.392. The van der Waals surface area contributed by atoms with Crippen LogP contribution < -0.4 is 15.9 Å². The highest BCUT2D eigenvalue weighted by Crippen LogP contribution is 2.24. The van der Waals surface area contributed by atoms with Gasteiger partial charge in [0.1, 0.15) is 17.1 Å². The Morgan fingerprint density at radius 1 is 1.13 bits per heavy atom. The van der Waals surface area contributed by atoms with Crippen molar-refractivity contribution in [2.24, 2.45) is 5.73 Å². The number of hydrogen-bond acceptors (Lipinski definition) is 4. The van der Waals surface area contributed by atoms with Gasteiger partial charge in [-0.15, -0.1) is 0 Å². The summed E-state index contributed by atoms with van der Waals surface area (Å²) in [6, 6.07) is 14.0. The van der Waals surface area contributed by atoms with Crippen LogP contribution in [0.3, 0.4) is 0 Å². The lowest BCUT2D eigenvalue weighted by molar-refractivity contribution is -0.119. The summed E-state index contributed by atoms with van der Waals surface area (Å²) in [6.07, 6.45) is 0. The quantitative estimate of drug-likeness (QED) is 0.803. The Kier molecular flexibility index (Phi) is 3.85. The van der Waals surface area contributed by atoms with E-state index in [2.05, 4.69) is 0 Å². The first kappa shape index (κ1) is 14.8. The fourth-order valence-electron chi connectivity index (χ4n) is 2.24. The molecular weight excluding hydrogens is 294 g/mol. The molecule has 116 valence electrons. The van der Waals surface area contributed by atoms with Crippen LogP contribution in [0.5, 0.6) is 5.75 Å². The molecule has 3 aromatic rings. The van der Waals surface area contributed by atoms with E-state index in [9.17, 15) is 9.59 Å². The Morgan fingerprint density at radius 3 is 2.57 bits per heavy atom. The van der Waals surface area contributed by atoms with Crippen molar-refractivity contribution in [2.45, 2.75) is 6.92 Å². The molecule has 0 spiro atoms. The summed E-state index contributed by atoms with van der Waals surface area (Å²) >= 11 is 0. The van der Waals surface area contributed by atoms with Gasteiger partial charge in [-0.25, -0.2) is 0 Å². The van der Waals surface area contributed by atoms with Crippen LogP contribution in [0.25, 0.3) is 22.3 Å². The molecule has 0 aliphatic heterocycles. The van der Waals surface area contributed by atoms with E-state index in [1.807, 2.05) is 31.2 Å². The Balaban J connectivity index is 2.02. The average molecular weight is 309 g/mol. The van der Waals surface area contributed by atoms with E-state index in [-0.39, 0.29) is 12.0 Å². The van der Waals surface area contributed by atoms with Crippen LogP contribution in [0, 0.1) is 6.92 Å². The standard InChI is InChI=1S/C18H15NO4/c1-11-2-4-12(5-3-11)17-9-15(20)14-8-13(22-10-18(19)21)6-7-16(14)23-17/h2-9H,10H2,1H3,(H2,19,21). The second-order valence-electron chi connectivity index (χ2n) is 5.25. The number of carbonyl (C=O) groups is 1. The number of rotatable bonds is 4. The summed E-state index contributed by atoms with van der Waals surface area (Å²) in [4.78, 5) is 23.1. The van der Waals surface area contributed by atoms with Crippen LogP contribution in [0.2, 0.25) is 0 Å². The zero-order chi connectivity index (χ0) is 16.4. The van der Waals surface area contributed by atoms with Crippen LogP contribution in [0.1, 0.15) is 5.56 Å². The molecule has 0 atom stereocenters. The van der Waals surface area contributed by atoms with E-state index in [1.54, 1.807) is 18.2 Å². The molecule has 2 aromatic carbocycles. The molecule has 0 aliphatic rings. The number of hydrogen-bond donors (Lipinski definition) is 1. The van der Waals surface area contributed by atoms with Gasteiger partial charge in [-0.3, -0.25) is 9.59 Å². The van der Waals surface area contributed by atoms with Crippen molar-refractivity contribution in [2.75, 3.05) is 6.61 Å². The van der Waals surface area contributed by atoms with Gasteiger partial charge < -0.3 is 14.9 Å². The van der Waals surface area contributed by atoms with E-state index in [0.29, 0.717) is 22.5 Å². The Bertz CT molecular complexity index is 926. The van der Waals surface area contributed by atoms with E-state index < -0.39 is 5.91 Å². The predicted octanol–water partition coefficient (Wildman–Crippen LogP) is 2.63. The number of carbonyl (C=O) groups excluding carboxylic acids is 1. The van der Waals surface area contributed by atoms with Gasteiger partial charge in [0.25, 0.3) is 5.91 Å². The van der Waals surface area contributed by atoms with Crippen LogP contribution in [-0.4, -0.2) is 12.5 Å². The molecule has 23 heavy (non-hydrogen) atoms. The summed E-state index contributed by atoms with van der Waals surface area (Å²) in [5.41, 5.74) is 7.29. The smallest absolute Gasteiger partial charge is 0.255 e. The Labute approximate surface area is 132 Å². The van der Waals surface area contributed by atoms with Crippen molar-refractivity contribution in [3.63, 3.8) is 0 Å². The number of benzene rings is 2. The molecule has 2 N–H and O–H groups in total. The Hall–Kier alpha value is -3.08. The number of aryl methyl sites for hydroxylation is 1. The second kappa shape index (κ2) is 5.96. The topological polar surface area (TPSA) is 82.5 Å². The average Bonchev–Trinajstić information content (AvgIpc) is 2.53. The summed E-state index contributed by atoms with van der Waals surface area (Å²) in [5.74, 6) is 0.326. The normalized spacial score (nSPS) is 10.7. The zero-order valence-electron chi connectivity index (χ0n) is 12.5. The third-order valence-corrected chi connectivity index (χ3v) is 3.42. The summed E-state index contributed by atoms with van der Waals surface area (Å²) in [7, 11) is 0. The number of fused-ring (bicyclic) bond motifs is 1. The molecule has 1 heterocycles. The second-order valence-corrected chi connectivity index (χ2v) is 5.25. The third-order valence-electron chi connectivity index (χ3n) is 3.42. The molecule has 3 rings (SSSR count). The fraction of sp³-hybridized carbons (Fsp3) is 0.111. The maximum atomic E-state index is 12.3. The summed E-state index contributed by atoms with van der Waals surface area (Å²) < 4.78 is 11.0. The van der Waals surface area contributed by atoms with Gasteiger partial charge in [0.15, 0.2) is 12.0 Å². The monoisotopic (exact) mass is 309 g/mol. The van der Waals surface area contributed by atoms with E-state index >= 15 is 0 Å². The molecule has 0 saturated carbocycles. The Morgan fingerprint density at radius 2 is 1.87 bits per heavy atom. The van der Waals surface area contributed by atoms with Gasteiger partial charge in [0.05, 0.1) is 5.39 Å². The molecular formula is C18H15NO4. The van der Waals surface area contributed by atoms with Gasteiger partial charge in [-0.2, -0.15) is 0 Å². The minimum absolute atomic E-state index is 0.175. The van der Waals surface area contributed by atoms with Crippen molar-refractivity contribution in [1.29, 1.82) is 0 Å². The first-order chi connectivity index (χ1) is 11.0. The first-order valence-corrected chi connectivity index (χ1v) is 7.09. The number of nitrogens with two attached hydrogens (primary N) is 1. The zero-order valence-corrected chi connectivity index (χ0v) is 12.5. The fourth-order valence-corrected chi connectivity index (χ4v) is 2.24. The molecule has 0 unspecified atom stereocenters. The van der Waals surface area contributed by atoms with Gasteiger partial charge in [0, 0.05) is 11.6 Å². The van der Waals surface area contributed by atoms with Crippen molar-refractivity contribution in [1.82, 2.24) is 0 Å².